The van der Waals surface area contributed by atoms with E-state index in [1.807, 2.05) is 6.07 Å². The summed E-state index contributed by atoms with van der Waals surface area (Å²) in [7, 11) is 1.74. The second-order valence-electron chi connectivity index (χ2n) is 5.36. The number of methoxy groups -OCH3 is 1. The lowest BCUT2D eigenvalue weighted by atomic mass is 9.94. The molecule has 1 fully saturated rings. The van der Waals surface area contributed by atoms with Gasteiger partial charge in [0.25, 0.3) is 0 Å². The van der Waals surface area contributed by atoms with Crippen LogP contribution < -0.4 is 10.1 Å². The Balaban J connectivity index is 1.90. The van der Waals surface area contributed by atoms with E-state index in [0.717, 1.165) is 30.7 Å². The molecule has 0 saturated heterocycles. The van der Waals surface area contributed by atoms with Crippen molar-refractivity contribution in [3.63, 3.8) is 0 Å². The van der Waals surface area contributed by atoms with E-state index in [4.69, 9.17) is 4.74 Å². The third-order valence-electron chi connectivity index (χ3n) is 3.75. The first kappa shape index (κ1) is 13.4. The van der Waals surface area contributed by atoms with Gasteiger partial charge in [0, 0.05) is 0 Å². The molecule has 1 aromatic rings. The van der Waals surface area contributed by atoms with Crippen LogP contribution in [0.1, 0.15) is 31.7 Å². The molecule has 1 saturated carbocycles. The molecular weight excluding hydrogens is 222 g/mol. The zero-order valence-electron chi connectivity index (χ0n) is 11.6. The Kier molecular flexibility index (Phi) is 5.06. The first-order valence-corrected chi connectivity index (χ1v) is 7.17. The van der Waals surface area contributed by atoms with Crippen molar-refractivity contribution in [1.82, 2.24) is 5.32 Å². The number of ether oxygens (including phenoxy) is 1. The predicted molar refractivity (Wildman–Crippen MR) is 76.1 cm³/mol. The summed E-state index contributed by atoms with van der Waals surface area (Å²) in [6, 6.07) is 8.51. The van der Waals surface area contributed by atoms with Gasteiger partial charge in [0.05, 0.1) is 7.11 Å². The molecule has 1 unspecified atom stereocenters. The number of rotatable bonds is 8. The molecule has 2 heteroatoms. The van der Waals surface area contributed by atoms with Crippen LogP contribution in [-0.4, -0.2) is 20.2 Å². The Hall–Kier alpha value is -1.02. The molecule has 0 amide bonds. The Labute approximate surface area is 111 Å². The fraction of sp³-hybridized carbons (Fsp3) is 0.625. The molecule has 18 heavy (non-hydrogen) atoms. The van der Waals surface area contributed by atoms with E-state index in [0.29, 0.717) is 0 Å². The van der Waals surface area contributed by atoms with Crippen LogP contribution in [0.15, 0.2) is 24.3 Å². The highest BCUT2D eigenvalue weighted by Gasteiger charge is 2.30. The predicted octanol–water partition coefficient (Wildman–Crippen LogP) is 3.26. The second kappa shape index (κ2) is 6.79. The van der Waals surface area contributed by atoms with Gasteiger partial charge in [0.1, 0.15) is 5.75 Å². The van der Waals surface area contributed by atoms with Crippen LogP contribution in [0.2, 0.25) is 0 Å². The van der Waals surface area contributed by atoms with Gasteiger partial charge in [0.15, 0.2) is 0 Å². The molecule has 0 radical (unpaired) electrons. The number of nitrogens with one attached hydrogen (secondary N) is 1. The third kappa shape index (κ3) is 4.02. The zero-order chi connectivity index (χ0) is 12.8. The van der Waals surface area contributed by atoms with Crippen LogP contribution in [0.25, 0.3) is 0 Å². The maximum absolute atomic E-state index is 5.30. The third-order valence-corrected chi connectivity index (χ3v) is 3.75. The second-order valence-corrected chi connectivity index (χ2v) is 5.36. The van der Waals surface area contributed by atoms with E-state index in [1.165, 1.54) is 31.2 Å². The van der Waals surface area contributed by atoms with Crippen LogP contribution in [0.4, 0.5) is 0 Å². The molecule has 1 aliphatic rings. The number of hydrogen-bond acceptors (Lipinski definition) is 2. The summed E-state index contributed by atoms with van der Waals surface area (Å²) < 4.78 is 5.30. The number of hydrogen-bond donors (Lipinski definition) is 1. The molecule has 2 nitrogen and oxygen atoms in total. The molecule has 1 aliphatic carbocycles. The maximum atomic E-state index is 5.30. The lowest BCUT2D eigenvalue weighted by Gasteiger charge is -2.17. The first-order valence-electron chi connectivity index (χ1n) is 7.17. The molecule has 2 rings (SSSR count). The molecular formula is C16H25NO. The van der Waals surface area contributed by atoms with Crippen molar-refractivity contribution in [2.45, 2.75) is 32.6 Å². The smallest absolute Gasteiger partial charge is 0.119 e. The molecule has 0 bridgehead atoms. The van der Waals surface area contributed by atoms with E-state index < -0.39 is 0 Å². The minimum Gasteiger partial charge on any atom is -0.497 e. The lowest BCUT2D eigenvalue weighted by Crippen LogP contribution is -2.26. The van der Waals surface area contributed by atoms with E-state index in [1.54, 1.807) is 7.11 Å². The molecule has 0 aliphatic heterocycles. The van der Waals surface area contributed by atoms with Crippen LogP contribution >= 0.6 is 0 Å². The van der Waals surface area contributed by atoms with Crippen molar-refractivity contribution in [3.8, 4) is 5.75 Å². The molecule has 1 atom stereocenters. The van der Waals surface area contributed by atoms with Gasteiger partial charge in [-0.3, -0.25) is 0 Å². The molecule has 1 N–H and O–H groups in total. The SMILES string of the molecule is CCCNCC(Cc1cccc(OC)c1)C1CC1. The highest BCUT2D eigenvalue weighted by Crippen LogP contribution is 2.38. The van der Waals surface area contributed by atoms with Gasteiger partial charge in [-0.25, -0.2) is 0 Å². The number of benzene rings is 1. The van der Waals surface area contributed by atoms with Crippen LogP contribution in [0.5, 0.6) is 5.75 Å². The maximum Gasteiger partial charge on any atom is 0.119 e. The van der Waals surface area contributed by atoms with Gasteiger partial charge in [0.2, 0.25) is 0 Å². The quantitative estimate of drug-likeness (QED) is 0.712. The summed E-state index contributed by atoms with van der Waals surface area (Å²) in [6.07, 6.45) is 5.24. The topological polar surface area (TPSA) is 21.3 Å². The first-order chi connectivity index (χ1) is 8.83. The van der Waals surface area contributed by atoms with Crippen molar-refractivity contribution >= 4 is 0 Å². The Morgan fingerprint density at radius 3 is 2.89 bits per heavy atom. The molecule has 0 aromatic heterocycles. The van der Waals surface area contributed by atoms with E-state index >= 15 is 0 Å². The Bertz CT molecular complexity index is 360. The van der Waals surface area contributed by atoms with Crippen molar-refractivity contribution in [2.75, 3.05) is 20.2 Å². The van der Waals surface area contributed by atoms with Crippen molar-refractivity contribution in [1.29, 1.82) is 0 Å². The standard InChI is InChI=1S/C16H25NO/c1-3-9-17-12-15(14-7-8-14)10-13-5-4-6-16(11-13)18-2/h4-6,11,14-15,17H,3,7-10,12H2,1-2H3. The summed E-state index contributed by atoms with van der Waals surface area (Å²) in [4.78, 5) is 0. The molecule has 0 heterocycles. The van der Waals surface area contributed by atoms with E-state index in [2.05, 4.69) is 30.4 Å². The summed E-state index contributed by atoms with van der Waals surface area (Å²) >= 11 is 0. The van der Waals surface area contributed by atoms with Crippen LogP contribution in [0.3, 0.4) is 0 Å². The Morgan fingerprint density at radius 2 is 2.22 bits per heavy atom. The van der Waals surface area contributed by atoms with Crippen molar-refractivity contribution < 1.29 is 4.74 Å². The van der Waals surface area contributed by atoms with Gasteiger partial charge in [-0.2, -0.15) is 0 Å². The minimum absolute atomic E-state index is 0.795. The van der Waals surface area contributed by atoms with Gasteiger partial charge < -0.3 is 10.1 Å². The summed E-state index contributed by atoms with van der Waals surface area (Å²) in [5.74, 6) is 2.72. The normalized spacial score (nSPS) is 16.6. The Morgan fingerprint density at radius 1 is 1.39 bits per heavy atom. The van der Waals surface area contributed by atoms with Crippen molar-refractivity contribution in [2.24, 2.45) is 11.8 Å². The minimum atomic E-state index is 0.795. The van der Waals surface area contributed by atoms with Gasteiger partial charge in [-0.15, -0.1) is 0 Å². The van der Waals surface area contributed by atoms with Crippen LogP contribution in [-0.2, 0) is 6.42 Å². The molecule has 1 aromatic carbocycles. The average molecular weight is 247 g/mol. The van der Waals surface area contributed by atoms with Crippen LogP contribution in [0, 0.1) is 11.8 Å². The summed E-state index contributed by atoms with van der Waals surface area (Å²) in [5.41, 5.74) is 1.41. The van der Waals surface area contributed by atoms with E-state index in [-0.39, 0.29) is 0 Å². The molecule has 0 spiro atoms. The monoisotopic (exact) mass is 247 g/mol. The lowest BCUT2D eigenvalue weighted by molar-refractivity contribution is 0.409. The fourth-order valence-electron chi connectivity index (χ4n) is 2.54. The van der Waals surface area contributed by atoms with Gasteiger partial charge in [-0.1, -0.05) is 19.1 Å². The largest absolute Gasteiger partial charge is 0.497 e. The van der Waals surface area contributed by atoms with Gasteiger partial charge >= 0.3 is 0 Å². The zero-order valence-corrected chi connectivity index (χ0v) is 11.6. The highest BCUT2D eigenvalue weighted by atomic mass is 16.5. The van der Waals surface area contributed by atoms with Gasteiger partial charge in [-0.05, 0) is 68.3 Å². The average Bonchev–Trinajstić information content (AvgIpc) is 3.22. The van der Waals surface area contributed by atoms with E-state index in [9.17, 15) is 0 Å². The summed E-state index contributed by atoms with van der Waals surface area (Å²) in [5, 5.41) is 3.57. The summed E-state index contributed by atoms with van der Waals surface area (Å²) in [6.45, 7) is 4.53. The molecule has 100 valence electrons. The highest BCUT2D eigenvalue weighted by molar-refractivity contribution is 5.28. The fourth-order valence-corrected chi connectivity index (χ4v) is 2.54. The van der Waals surface area contributed by atoms with Crippen molar-refractivity contribution in [3.05, 3.63) is 29.8 Å².